The standard InChI is InChI=1S/C15H19N3O2/c1-10-3-5-11(6-4-10)7-13-17-14(20-18-13)15(2)9-19-8-12(15)16/h3-6,12H,7-9,16H2,1-2H3. The number of nitrogens with two attached hydrogens (primary N) is 1. The third-order valence-corrected chi connectivity index (χ3v) is 3.96. The van der Waals surface area contributed by atoms with E-state index in [0.29, 0.717) is 31.3 Å². The zero-order chi connectivity index (χ0) is 14.2. The Kier molecular flexibility index (Phi) is 3.31. The molecule has 0 spiro atoms. The molecule has 2 aromatic rings. The summed E-state index contributed by atoms with van der Waals surface area (Å²) in [5.41, 5.74) is 8.10. The van der Waals surface area contributed by atoms with Crippen LogP contribution in [-0.4, -0.2) is 29.4 Å². The van der Waals surface area contributed by atoms with Gasteiger partial charge in [0, 0.05) is 12.5 Å². The normalized spacial score (nSPS) is 26.1. The molecule has 0 radical (unpaired) electrons. The maximum absolute atomic E-state index is 6.07. The molecule has 2 unspecified atom stereocenters. The first-order valence-corrected chi connectivity index (χ1v) is 6.80. The number of benzene rings is 1. The lowest BCUT2D eigenvalue weighted by molar-refractivity contribution is 0.169. The minimum atomic E-state index is -0.376. The lowest BCUT2D eigenvalue weighted by atomic mass is 9.86. The van der Waals surface area contributed by atoms with Gasteiger partial charge in [0.25, 0.3) is 0 Å². The average Bonchev–Trinajstić information content (AvgIpc) is 3.02. The second-order valence-electron chi connectivity index (χ2n) is 5.72. The smallest absolute Gasteiger partial charge is 0.236 e. The molecular formula is C15H19N3O2. The highest BCUT2D eigenvalue weighted by atomic mass is 16.5. The van der Waals surface area contributed by atoms with Crippen LogP contribution in [-0.2, 0) is 16.6 Å². The molecule has 1 aromatic heterocycles. The Morgan fingerprint density at radius 3 is 2.75 bits per heavy atom. The summed E-state index contributed by atoms with van der Waals surface area (Å²) in [6, 6.07) is 8.22. The highest BCUT2D eigenvalue weighted by molar-refractivity contribution is 5.24. The fraction of sp³-hybridized carbons (Fsp3) is 0.467. The number of ether oxygens (including phenoxy) is 1. The van der Waals surface area contributed by atoms with Crippen LogP contribution in [0.15, 0.2) is 28.8 Å². The van der Waals surface area contributed by atoms with E-state index in [1.165, 1.54) is 11.1 Å². The lowest BCUT2D eigenvalue weighted by Gasteiger charge is -2.21. The second kappa shape index (κ2) is 5.00. The van der Waals surface area contributed by atoms with Gasteiger partial charge in [-0.1, -0.05) is 35.0 Å². The van der Waals surface area contributed by atoms with E-state index in [1.54, 1.807) is 0 Å². The van der Waals surface area contributed by atoms with Crippen molar-refractivity contribution < 1.29 is 9.26 Å². The fourth-order valence-corrected chi connectivity index (χ4v) is 2.36. The third kappa shape index (κ3) is 2.34. The molecule has 2 heterocycles. The maximum Gasteiger partial charge on any atom is 0.236 e. The molecule has 1 aromatic carbocycles. The van der Waals surface area contributed by atoms with Gasteiger partial charge in [-0.15, -0.1) is 0 Å². The molecule has 0 amide bonds. The minimum Gasteiger partial charge on any atom is -0.379 e. The molecule has 20 heavy (non-hydrogen) atoms. The zero-order valence-corrected chi connectivity index (χ0v) is 11.8. The highest BCUT2D eigenvalue weighted by Gasteiger charge is 2.44. The first-order valence-electron chi connectivity index (χ1n) is 6.80. The van der Waals surface area contributed by atoms with Gasteiger partial charge >= 0.3 is 0 Å². The van der Waals surface area contributed by atoms with E-state index in [1.807, 2.05) is 6.92 Å². The van der Waals surface area contributed by atoms with E-state index < -0.39 is 0 Å². The molecule has 5 nitrogen and oxygen atoms in total. The first-order chi connectivity index (χ1) is 9.58. The lowest BCUT2D eigenvalue weighted by Crippen LogP contribution is -2.42. The Morgan fingerprint density at radius 2 is 2.10 bits per heavy atom. The summed E-state index contributed by atoms with van der Waals surface area (Å²) in [5, 5.41) is 4.06. The van der Waals surface area contributed by atoms with Crippen molar-refractivity contribution in [1.29, 1.82) is 0 Å². The van der Waals surface area contributed by atoms with Gasteiger partial charge in [0.15, 0.2) is 5.82 Å². The summed E-state index contributed by atoms with van der Waals surface area (Å²) in [6.07, 6.45) is 0.663. The van der Waals surface area contributed by atoms with Crippen LogP contribution in [0.1, 0.15) is 29.8 Å². The fourth-order valence-electron chi connectivity index (χ4n) is 2.36. The van der Waals surface area contributed by atoms with Crippen LogP contribution in [0.25, 0.3) is 0 Å². The van der Waals surface area contributed by atoms with Crippen LogP contribution in [0.3, 0.4) is 0 Å². The Morgan fingerprint density at radius 1 is 1.35 bits per heavy atom. The highest BCUT2D eigenvalue weighted by Crippen LogP contribution is 2.30. The Balaban J connectivity index is 1.78. The van der Waals surface area contributed by atoms with Crippen molar-refractivity contribution in [3.63, 3.8) is 0 Å². The van der Waals surface area contributed by atoms with Crippen molar-refractivity contribution in [2.45, 2.75) is 31.7 Å². The number of hydrogen-bond donors (Lipinski definition) is 1. The van der Waals surface area contributed by atoms with E-state index >= 15 is 0 Å². The van der Waals surface area contributed by atoms with E-state index in [9.17, 15) is 0 Å². The molecule has 0 bridgehead atoms. The van der Waals surface area contributed by atoms with Gasteiger partial charge in [-0.2, -0.15) is 4.98 Å². The molecule has 2 N–H and O–H groups in total. The van der Waals surface area contributed by atoms with Gasteiger partial charge in [-0.25, -0.2) is 0 Å². The van der Waals surface area contributed by atoms with E-state index in [0.717, 1.165) is 0 Å². The van der Waals surface area contributed by atoms with Crippen LogP contribution in [0.4, 0.5) is 0 Å². The largest absolute Gasteiger partial charge is 0.379 e. The number of aromatic nitrogens is 2. The summed E-state index contributed by atoms with van der Waals surface area (Å²) in [5.74, 6) is 1.26. The van der Waals surface area contributed by atoms with E-state index in [4.69, 9.17) is 15.0 Å². The van der Waals surface area contributed by atoms with Crippen LogP contribution in [0, 0.1) is 6.92 Å². The molecular weight excluding hydrogens is 254 g/mol. The van der Waals surface area contributed by atoms with Crippen molar-refractivity contribution in [2.75, 3.05) is 13.2 Å². The van der Waals surface area contributed by atoms with Gasteiger partial charge < -0.3 is 15.0 Å². The topological polar surface area (TPSA) is 74.2 Å². The summed E-state index contributed by atoms with van der Waals surface area (Å²) < 4.78 is 10.8. The molecule has 2 atom stereocenters. The Labute approximate surface area is 118 Å². The predicted octanol–water partition coefficient (Wildman–Crippen LogP) is 1.58. The van der Waals surface area contributed by atoms with Crippen molar-refractivity contribution in [3.05, 3.63) is 47.1 Å². The van der Waals surface area contributed by atoms with Crippen LogP contribution in [0.5, 0.6) is 0 Å². The van der Waals surface area contributed by atoms with Crippen LogP contribution in [0.2, 0.25) is 0 Å². The van der Waals surface area contributed by atoms with E-state index in [2.05, 4.69) is 41.3 Å². The minimum absolute atomic E-state index is 0.102. The van der Waals surface area contributed by atoms with Crippen molar-refractivity contribution >= 4 is 0 Å². The molecule has 3 rings (SSSR count). The Hall–Kier alpha value is -1.72. The van der Waals surface area contributed by atoms with Gasteiger partial charge in [0.2, 0.25) is 5.89 Å². The molecule has 1 aliphatic heterocycles. The molecule has 0 aliphatic carbocycles. The zero-order valence-electron chi connectivity index (χ0n) is 11.8. The van der Waals surface area contributed by atoms with Gasteiger partial charge in [-0.05, 0) is 19.4 Å². The number of hydrogen-bond acceptors (Lipinski definition) is 5. The van der Waals surface area contributed by atoms with Gasteiger partial charge in [0.1, 0.15) is 0 Å². The summed E-state index contributed by atoms with van der Waals surface area (Å²) in [6.45, 7) is 5.14. The summed E-state index contributed by atoms with van der Waals surface area (Å²) >= 11 is 0. The van der Waals surface area contributed by atoms with Crippen molar-refractivity contribution in [3.8, 4) is 0 Å². The van der Waals surface area contributed by atoms with E-state index in [-0.39, 0.29) is 11.5 Å². The summed E-state index contributed by atoms with van der Waals surface area (Å²) in [7, 11) is 0. The molecule has 5 heteroatoms. The first kappa shape index (κ1) is 13.3. The second-order valence-corrected chi connectivity index (χ2v) is 5.72. The average molecular weight is 273 g/mol. The van der Waals surface area contributed by atoms with Crippen molar-refractivity contribution in [1.82, 2.24) is 10.1 Å². The molecule has 1 saturated heterocycles. The third-order valence-electron chi connectivity index (χ3n) is 3.96. The SMILES string of the molecule is Cc1ccc(Cc2noc(C3(C)COCC3N)n2)cc1. The number of nitrogens with zero attached hydrogens (tertiary/aromatic N) is 2. The van der Waals surface area contributed by atoms with Crippen molar-refractivity contribution in [2.24, 2.45) is 5.73 Å². The molecule has 0 saturated carbocycles. The van der Waals surface area contributed by atoms with Crippen LogP contribution < -0.4 is 5.73 Å². The molecule has 1 aliphatic rings. The van der Waals surface area contributed by atoms with Gasteiger partial charge in [-0.3, -0.25) is 0 Å². The maximum atomic E-state index is 6.07. The molecule has 106 valence electrons. The number of rotatable bonds is 3. The monoisotopic (exact) mass is 273 g/mol. The quantitative estimate of drug-likeness (QED) is 0.919. The predicted molar refractivity (Wildman–Crippen MR) is 74.4 cm³/mol. The summed E-state index contributed by atoms with van der Waals surface area (Å²) in [4.78, 5) is 4.49. The van der Waals surface area contributed by atoms with Crippen LogP contribution >= 0.6 is 0 Å². The van der Waals surface area contributed by atoms with Gasteiger partial charge in [0.05, 0.1) is 18.6 Å². The Bertz CT molecular complexity index is 593. The number of aryl methyl sites for hydroxylation is 1. The molecule has 1 fully saturated rings.